The summed E-state index contributed by atoms with van der Waals surface area (Å²) in [6.07, 6.45) is 7.93. The highest BCUT2D eigenvalue weighted by Crippen LogP contribution is 2.63. The summed E-state index contributed by atoms with van der Waals surface area (Å²) in [7, 11) is 0. The van der Waals surface area contributed by atoms with E-state index in [1.54, 1.807) is 0 Å². The Morgan fingerprint density at radius 1 is 0.426 bits per heavy atom. The van der Waals surface area contributed by atoms with E-state index in [4.69, 9.17) is 0 Å². The molecule has 0 unspecified atom stereocenters. The highest BCUT2D eigenvalue weighted by Gasteiger charge is 2.53. The zero-order valence-electron chi connectivity index (χ0n) is 39.9. The highest BCUT2D eigenvalue weighted by atomic mass is 14.9. The standard InChI is InChI=1S/C52H39N.C13H14.C2H6/c1-51(2)45-23-11-13-25-47(45)52(48-26-14-12-24-46(48)51)44-22-10-9-20-43(44)50-42(21-15-27-49(50)52)37-28-30-40(31-29-37)53-41-33-38(35-16-5-3-6-17-35)32-39(34-41)36-18-7-4-8-19-36;1-3-8-12(9-4-2)13-10-6-5-7-11-13;1-2/h3-34,53H,1-2H3;3-11H,1H2,2H3;1-2H3/b;9-4-,12-8+;. The molecule has 11 rings (SSSR count). The Balaban J connectivity index is 0.000000333. The average Bonchev–Trinajstić information content (AvgIpc) is 3.71. The van der Waals surface area contributed by atoms with E-state index < -0.39 is 5.41 Å². The molecule has 0 atom stereocenters. The summed E-state index contributed by atoms with van der Waals surface area (Å²) in [5, 5.41) is 3.75. The first-order valence-electron chi connectivity index (χ1n) is 24.0. The summed E-state index contributed by atoms with van der Waals surface area (Å²) in [5.74, 6) is 0. The first-order chi connectivity index (χ1) is 33.4. The number of fused-ring (bicyclic) bond motifs is 9. The molecule has 1 N–H and O–H groups in total. The van der Waals surface area contributed by atoms with Crippen molar-refractivity contribution in [2.24, 2.45) is 0 Å². The number of rotatable bonds is 8. The van der Waals surface area contributed by atoms with Gasteiger partial charge in [0, 0.05) is 16.8 Å². The largest absolute Gasteiger partial charge is 0.355 e. The second-order valence-corrected chi connectivity index (χ2v) is 17.7. The maximum Gasteiger partial charge on any atom is 0.0719 e. The van der Waals surface area contributed by atoms with Gasteiger partial charge in [0.05, 0.1) is 5.41 Å². The van der Waals surface area contributed by atoms with E-state index in [2.05, 4.69) is 238 Å². The monoisotopic (exact) mass is 877 g/mol. The molecule has 0 fully saturated rings. The van der Waals surface area contributed by atoms with Crippen LogP contribution in [0.4, 0.5) is 11.4 Å². The minimum Gasteiger partial charge on any atom is -0.355 e. The van der Waals surface area contributed by atoms with Gasteiger partial charge in [0.25, 0.3) is 0 Å². The fourth-order valence-corrected chi connectivity index (χ4v) is 10.5. The summed E-state index contributed by atoms with van der Waals surface area (Å²) >= 11 is 0. The third-order valence-electron chi connectivity index (χ3n) is 13.5. The summed E-state index contributed by atoms with van der Waals surface area (Å²) in [6, 6.07) is 81.6. The van der Waals surface area contributed by atoms with E-state index in [1.807, 2.05) is 57.2 Å². The molecule has 332 valence electrons. The van der Waals surface area contributed by atoms with Gasteiger partial charge in [-0.15, -0.1) is 0 Å². The van der Waals surface area contributed by atoms with Crippen LogP contribution in [-0.2, 0) is 10.8 Å². The molecule has 1 spiro atoms. The quantitative estimate of drug-likeness (QED) is 0.150. The van der Waals surface area contributed by atoms with Crippen molar-refractivity contribution in [3.8, 4) is 44.5 Å². The minimum absolute atomic E-state index is 0.112. The van der Waals surface area contributed by atoms with Gasteiger partial charge in [-0.2, -0.15) is 0 Å². The molecule has 0 bridgehead atoms. The fraction of sp³-hybridized carbons (Fsp3) is 0.104. The maximum atomic E-state index is 3.75. The van der Waals surface area contributed by atoms with Crippen LogP contribution in [0.25, 0.3) is 50.1 Å². The molecular formula is C67H59N. The number of nitrogens with one attached hydrogen (secondary N) is 1. The highest BCUT2D eigenvalue weighted by molar-refractivity contribution is 5.96. The number of anilines is 2. The topological polar surface area (TPSA) is 12.0 Å². The average molecular weight is 878 g/mol. The summed E-state index contributed by atoms with van der Waals surface area (Å²) in [5.41, 5.74) is 22.2. The Bertz CT molecular complexity index is 3140. The van der Waals surface area contributed by atoms with E-state index in [0.717, 1.165) is 11.4 Å². The second-order valence-electron chi connectivity index (χ2n) is 17.7. The van der Waals surface area contributed by atoms with E-state index in [0.29, 0.717) is 0 Å². The van der Waals surface area contributed by atoms with Gasteiger partial charge in [-0.25, -0.2) is 0 Å². The Hall–Kier alpha value is -8.00. The molecule has 0 saturated carbocycles. The Morgan fingerprint density at radius 3 is 1.44 bits per heavy atom. The van der Waals surface area contributed by atoms with Crippen LogP contribution in [0.5, 0.6) is 0 Å². The molecule has 2 aliphatic rings. The van der Waals surface area contributed by atoms with Crippen molar-refractivity contribution in [3.63, 3.8) is 0 Å². The van der Waals surface area contributed by atoms with Gasteiger partial charge in [0.2, 0.25) is 0 Å². The van der Waals surface area contributed by atoms with Crippen molar-refractivity contribution in [3.05, 3.63) is 294 Å². The molecule has 0 heterocycles. The lowest BCUT2D eigenvalue weighted by Gasteiger charge is -2.46. The molecule has 1 nitrogen and oxygen atoms in total. The van der Waals surface area contributed by atoms with Gasteiger partial charge in [-0.3, -0.25) is 0 Å². The molecule has 0 radical (unpaired) electrons. The van der Waals surface area contributed by atoms with E-state index in [9.17, 15) is 0 Å². The van der Waals surface area contributed by atoms with E-state index >= 15 is 0 Å². The summed E-state index contributed by atoms with van der Waals surface area (Å²) in [4.78, 5) is 0. The van der Waals surface area contributed by atoms with Crippen molar-refractivity contribution >= 4 is 16.9 Å². The molecule has 9 aromatic rings. The molecule has 0 amide bonds. The van der Waals surface area contributed by atoms with Crippen molar-refractivity contribution < 1.29 is 0 Å². The second kappa shape index (κ2) is 19.8. The number of hydrogen-bond acceptors (Lipinski definition) is 1. The lowest BCUT2D eigenvalue weighted by atomic mass is 9.55. The van der Waals surface area contributed by atoms with Gasteiger partial charge in [0.15, 0.2) is 0 Å². The Morgan fingerprint density at radius 2 is 0.897 bits per heavy atom. The molecule has 0 saturated heterocycles. The van der Waals surface area contributed by atoms with E-state index in [1.165, 1.54) is 89.0 Å². The Labute approximate surface area is 404 Å². The van der Waals surface area contributed by atoms with Crippen molar-refractivity contribution in [1.29, 1.82) is 0 Å². The fourth-order valence-electron chi connectivity index (χ4n) is 10.5. The van der Waals surface area contributed by atoms with Gasteiger partial charge in [0.1, 0.15) is 0 Å². The molecule has 2 aliphatic carbocycles. The first kappa shape index (κ1) is 45.2. The molecule has 9 aromatic carbocycles. The summed E-state index contributed by atoms with van der Waals surface area (Å²) < 4.78 is 0. The van der Waals surface area contributed by atoms with Crippen LogP contribution in [0.1, 0.15) is 73.6 Å². The SMILES string of the molecule is C=C/C=C(\C=C/C)c1ccccc1.CC.CC1(C)c2ccccc2C2(c3ccccc3-c3c(-c4ccc(Nc5cc(-c6ccccc6)cc(-c6ccccc6)c5)cc4)cccc32)c2ccccc21. The van der Waals surface area contributed by atoms with Crippen molar-refractivity contribution in [2.75, 3.05) is 5.32 Å². The molecule has 0 aliphatic heterocycles. The lowest BCUT2D eigenvalue weighted by Crippen LogP contribution is -2.40. The van der Waals surface area contributed by atoms with E-state index in [-0.39, 0.29) is 5.41 Å². The van der Waals surface area contributed by atoms with Gasteiger partial charge < -0.3 is 5.32 Å². The van der Waals surface area contributed by atoms with Crippen LogP contribution < -0.4 is 5.32 Å². The zero-order valence-corrected chi connectivity index (χ0v) is 39.9. The summed E-state index contributed by atoms with van der Waals surface area (Å²) in [6.45, 7) is 14.5. The predicted octanol–water partition coefficient (Wildman–Crippen LogP) is 18.3. The number of allylic oxidation sites excluding steroid dienone is 5. The van der Waals surface area contributed by atoms with Crippen LogP contribution >= 0.6 is 0 Å². The first-order valence-corrected chi connectivity index (χ1v) is 24.0. The van der Waals surface area contributed by atoms with Crippen molar-refractivity contribution in [1.82, 2.24) is 0 Å². The van der Waals surface area contributed by atoms with Crippen LogP contribution in [-0.4, -0.2) is 0 Å². The lowest BCUT2D eigenvalue weighted by molar-refractivity contribution is 0.563. The van der Waals surface area contributed by atoms with Crippen LogP contribution in [0.15, 0.2) is 255 Å². The van der Waals surface area contributed by atoms with Gasteiger partial charge in [-0.05, 0) is 126 Å². The van der Waals surface area contributed by atoms with Crippen LogP contribution in [0.2, 0.25) is 0 Å². The molecule has 68 heavy (non-hydrogen) atoms. The predicted molar refractivity (Wildman–Crippen MR) is 293 cm³/mol. The van der Waals surface area contributed by atoms with Gasteiger partial charge >= 0.3 is 0 Å². The maximum absolute atomic E-state index is 3.75. The number of benzene rings is 9. The van der Waals surface area contributed by atoms with Crippen LogP contribution in [0.3, 0.4) is 0 Å². The third kappa shape index (κ3) is 8.26. The van der Waals surface area contributed by atoms with Crippen molar-refractivity contribution in [2.45, 2.75) is 45.4 Å². The number of hydrogen-bond donors (Lipinski definition) is 1. The van der Waals surface area contributed by atoms with Gasteiger partial charge in [-0.1, -0.05) is 253 Å². The normalized spacial score (nSPS) is 13.4. The molecule has 0 aromatic heterocycles. The zero-order chi connectivity index (χ0) is 47.1. The molecule has 1 heteroatoms. The third-order valence-corrected chi connectivity index (χ3v) is 13.5. The minimum atomic E-state index is -0.396. The Kier molecular flexibility index (Phi) is 13.2. The smallest absolute Gasteiger partial charge is 0.0719 e. The molecular weight excluding hydrogens is 819 g/mol. The van der Waals surface area contributed by atoms with Crippen LogP contribution in [0, 0.1) is 0 Å².